The van der Waals surface area contributed by atoms with Gasteiger partial charge >= 0.3 is 0 Å². The topological polar surface area (TPSA) is 12.0 Å². The zero-order chi connectivity index (χ0) is 9.97. The van der Waals surface area contributed by atoms with Crippen LogP contribution in [0.5, 0.6) is 0 Å². The molecule has 0 spiro atoms. The van der Waals surface area contributed by atoms with Crippen LogP contribution in [0, 0.1) is 0 Å². The normalized spacial score (nSPS) is 28.7. The second-order valence-electron chi connectivity index (χ2n) is 3.58. The smallest absolute Gasteiger partial charge is 0.0701 e. The lowest BCUT2D eigenvalue weighted by atomic mass is 10.2. The van der Waals surface area contributed by atoms with Gasteiger partial charge in [0.05, 0.1) is 9.83 Å². The molecule has 0 aromatic carbocycles. The standard InChI is InChI=1S/C10H14BrNS2/c1-7-4-5-12-8(6-13-7)9-2-3-10(11)14-9/h2-3,7-8,12H,4-6H2,1H3. The van der Waals surface area contributed by atoms with Crippen LogP contribution in [0.1, 0.15) is 24.3 Å². The summed E-state index contributed by atoms with van der Waals surface area (Å²) >= 11 is 7.44. The monoisotopic (exact) mass is 291 g/mol. The first-order valence-corrected chi connectivity index (χ1v) is 7.52. The van der Waals surface area contributed by atoms with E-state index in [9.17, 15) is 0 Å². The summed E-state index contributed by atoms with van der Waals surface area (Å²) in [5, 5.41) is 4.41. The van der Waals surface area contributed by atoms with E-state index in [0.29, 0.717) is 6.04 Å². The Morgan fingerprint density at radius 1 is 1.50 bits per heavy atom. The minimum atomic E-state index is 0.557. The minimum Gasteiger partial charge on any atom is -0.309 e. The van der Waals surface area contributed by atoms with Gasteiger partial charge in [-0.2, -0.15) is 11.8 Å². The SMILES string of the molecule is CC1CCNC(c2ccc(Br)s2)CS1. The molecule has 1 aliphatic heterocycles. The predicted molar refractivity (Wildman–Crippen MR) is 69.3 cm³/mol. The first kappa shape index (κ1) is 11.0. The van der Waals surface area contributed by atoms with Gasteiger partial charge in [-0.1, -0.05) is 6.92 Å². The fraction of sp³-hybridized carbons (Fsp3) is 0.600. The van der Waals surface area contributed by atoms with Gasteiger partial charge in [-0.3, -0.25) is 0 Å². The fourth-order valence-electron chi connectivity index (χ4n) is 1.56. The van der Waals surface area contributed by atoms with Gasteiger partial charge in [-0.05, 0) is 41.0 Å². The molecule has 78 valence electrons. The van der Waals surface area contributed by atoms with Crippen molar-refractivity contribution in [1.82, 2.24) is 5.32 Å². The Kier molecular flexibility index (Phi) is 3.93. The summed E-state index contributed by atoms with van der Waals surface area (Å²) in [4.78, 5) is 1.46. The molecule has 2 rings (SSSR count). The molecule has 1 fully saturated rings. The maximum absolute atomic E-state index is 3.61. The Balaban J connectivity index is 2.04. The summed E-state index contributed by atoms with van der Waals surface area (Å²) in [5.41, 5.74) is 0. The summed E-state index contributed by atoms with van der Waals surface area (Å²) in [6.45, 7) is 3.47. The van der Waals surface area contributed by atoms with Crippen LogP contribution in [0.15, 0.2) is 15.9 Å². The number of nitrogens with one attached hydrogen (secondary N) is 1. The van der Waals surface area contributed by atoms with Crippen LogP contribution in [0.3, 0.4) is 0 Å². The van der Waals surface area contributed by atoms with Crippen LogP contribution in [0.4, 0.5) is 0 Å². The van der Waals surface area contributed by atoms with Crippen LogP contribution in [-0.4, -0.2) is 17.5 Å². The first-order valence-electron chi connectivity index (χ1n) is 4.86. The number of hydrogen-bond acceptors (Lipinski definition) is 3. The van der Waals surface area contributed by atoms with Crippen LogP contribution in [-0.2, 0) is 0 Å². The van der Waals surface area contributed by atoms with Gasteiger partial charge in [0.2, 0.25) is 0 Å². The molecule has 2 heterocycles. The van der Waals surface area contributed by atoms with Crippen LogP contribution in [0.2, 0.25) is 0 Å². The van der Waals surface area contributed by atoms with Gasteiger partial charge in [0.1, 0.15) is 0 Å². The van der Waals surface area contributed by atoms with E-state index < -0.39 is 0 Å². The quantitative estimate of drug-likeness (QED) is 0.847. The van der Waals surface area contributed by atoms with E-state index in [-0.39, 0.29) is 0 Å². The highest BCUT2D eigenvalue weighted by atomic mass is 79.9. The number of halogens is 1. The van der Waals surface area contributed by atoms with Crippen LogP contribution in [0.25, 0.3) is 0 Å². The van der Waals surface area contributed by atoms with Crippen LogP contribution >= 0.6 is 39.0 Å². The van der Waals surface area contributed by atoms with Crippen molar-refractivity contribution >= 4 is 39.0 Å². The fourth-order valence-corrected chi connectivity index (χ4v) is 4.27. The molecule has 0 bridgehead atoms. The molecular formula is C10H14BrNS2. The van der Waals surface area contributed by atoms with Gasteiger partial charge in [0.15, 0.2) is 0 Å². The van der Waals surface area contributed by atoms with Crippen molar-refractivity contribution in [2.45, 2.75) is 24.6 Å². The molecule has 1 nitrogen and oxygen atoms in total. The Morgan fingerprint density at radius 2 is 2.36 bits per heavy atom. The highest BCUT2D eigenvalue weighted by Gasteiger charge is 2.18. The Labute approximate surface area is 102 Å². The molecule has 1 aromatic rings. The Hall–Kier alpha value is 0.490. The summed E-state index contributed by atoms with van der Waals surface area (Å²) in [5.74, 6) is 1.20. The third kappa shape index (κ3) is 2.75. The molecule has 0 radical (unpaired) electrons. The number of thioether (sulfide) groups is 1. The predicted octanol–water partition coefficient (Wildman–Crippen LogP) is 3.67. The molecule has 4 heteroatoms. The molecule has 14 heavy (non-hydrogen) atoms. The van der Waals surface area contributed by atoms with Gasteiger partial charge in [0, 0.05) is 15.9 Å². The second kappa shape index (κ2) is 5.01. The number of rotatable bonds is 1. The van der Waals surface area contributed by atoms with Gasteiger partial charge in [0.25, 0.3) is 0 Å². The highest BCUT2D eigenvalue weighted by molar-refractivity contribution is 9.11. The van der Waals surface area contributed by atoms with Gasteiger partial charge < -0.3 is 5.32 Å². The lowest BCUT2D eigenvalue weighted by Crippen LogP contribution is -2.21. The molecule has 0 saturated carbocycles. The molecular weight excluding hydrogens is 278 g/mol. The molecule has 1 aromatic heterocycles. The van der Waals surface area contributed by atoms with Crippen LogP contribution < -0.4 is 5.32 Å². The van der Waals surface area contributed by atoms with Crippen molar-refractivity contribution in [3.05, 3.63) is 20.8 Å². The van der Waals surface area contributed by atoms with E-state index in [1.54, 1.807) is 0 Å². The lowest BCUT2D eigenvalue weighted by Gasteiger charge is -2.12. The molecule has 2 atom stereocenters. The molecule has 0 amide bonds. The van der Waals surface area contributed by atoms with E-state index >= 15 is 0 Å². The van der Waals surface area contributed by atoms with Crippen molar-refractivity contribution in [2.24, 2.45) is 0 Å². The van der Waals surface area contributed by atoms with Crippen molar-refractivity contribution in [1.29, 1.82) is 0 Å². The Morgan fingerprint density at radius 3 is 3.07 bits per heavy atom. The van der Waals surface area contributed by atoms with E-state index in [0.717, 1.165) is 11.8 Å². The third-order valence-electron chi connectivity index (χ3n) is 2.43. The molecule has 1 saturated heterocycles. The van der Waals surface area contributed by atoms with Crippen molar-refractivity contribution < 1.29 is 0 Å². The summed E-state index contributed by atoms with van der Waals surface area (Å²) in [7, 11) is 0. The third-order valence-corrected chi connectivity index (χ3v) is 5.49. The average molecular weight is 292 g/mol. The van der Waals surface area contributed by atoms with Crippen molar-refractivity contribution in [3.63, 3.8) is 0 Å². The summed E-state index contributed by atoms with van der Waals surface area (Å²) in [6, 6.07) is 4.92. The summed E-state index contributed by atoms with van der Waals surface area (Å²) < 4.78 is 1.23. The molecule has 0 aliphatic carbocycles. The summed E-state index contributed by atoms with van der Waals surface area (Å²) in [6.07, 6.45) is 1.29. The maximum Gasteiger partial charge on any atom is 0.0701 e. The Bertz CT molecular complexity index is 300. The van der Waals surface area contributed by atoms with Crippen molar-refractivity contribution in [3.8, 4) is 0 Å². The van der Waals surface area contributed by atoms with E-state index in [2.05, 4.69) is 52.1 Å². The van der Waals surface area contributed by atoms with Gasteiger partial charge in [-0.15, -0.1) is 11.3 Å². The number of thiophene rings is 1. The zero-order valence-electron chi connectivity index (χ0n) is 8.13. The molecule has 1 aliphatic rings. The highest BCUT2D eigenvalue weighted by Crippen LogP contribution is 2.32. The largest absolute Gasteiger partial charge is 0.309 e. The lowest BCUT2D eigenvalue weighted by molar-refractivity contribution is 0.586. The first-order chi connectivity index (χ1) is 6.75. The second-order valence-corrected chi connectivity index (χ2v) is 7.55. The van der Waals surface area contributed by atoms with E-state index in [1.165, 1.54) is 20.8 Å². The van der Waals surface area contributed by atoms with E-state index in [1.807, 2.05) is 11.3 Å². The molecule has 1 N–H and O–H groups in total. The minimum absolute atomic E-state index is 0.557. The molecule has 2 unspecified atom stereocenters. The zero-order valence-corrected chi connectivity index (χ0v) is 11.3. The van der Waals surface area contributed by atoms with Crippen molar-refractivity contribution in [2.75, 3.05) is 12.3 Å². The van der Waals surface area contributed by atoms with Gasteiger partial charge in [-0.25, -0.2) is 0 Å². The maximum atomic E-state index is 3.61. The van der Waals surface area contributed by atoms with E-state index in [4.69, 9.17) is 0 Å². The number of hydrogen-bond donors (Lipinski definition) is 1. The average Bonchev–Trinajstić information content (AvgIpc) is 2.46.